The zero-order valence-electron chi connectivity index (χ0n) is 15.1. The van der Waals surface area contributed by atoms with E-state index in [0.717, 1.165) is 5.56 Å². The molecule has 7 heteroatoms. The standard InChI is InChI=1S/C20H20ClN3O3/c1-13(2)14-5-9-17(10-6-14)26-12-18(25)22-11-19-23-20(24-27-19)15-3-7-16(21)8-4-15/h3-10,13H,11-12H2,1-2H3,(H,22,25). The molecule has 2 aromatic carbocycles. The normalized spacial score (nSPS) is 10.8. The minimum atomic E-state index is -0.269. The van der Waals surface area contributed by atoms with Crippen LogP contribution in [0.5, 0.6) is 5.75 Å². The largest absolute Gasteiger partial charge is 0.484 e. The Hall–Kier alpha value is -2.86. The summed E-state index contributed by atoms with van der Waals surface area (Å²) in [7, 11) is 0. The van der Waals surface area contributed by atoms with Gasteiger partial charge in [-0.1, -0.05) is 42.7 Å². The Bertz CT molecular complexity index is 890. The summed E-state index contributed by atoms with van der Waals surface area (Å²) in [6, 6.07) is 14.8. The smallest absolute Gasteiger partial charge is 0.258 e. The van der Waals surface area contributed by atoms with Crippen molar-refractivity contribution in [2.75, 3.05) is 6.61 Å². The summed E-state index contributed by atoms with van der Waals surface area (Å²) in [6.07, 6.45) is 0. The molecular formula is C20H20ClN3O3. The van der Waals surface area contributed by atoms with Gasteiger partial charge < -0.3 is 14.6 Å². The number of nitrogens with zero attached hydrogens (tertiary/aromatic N) is 2. The summed E-state index contributed by atoms with van der Waals surface area (Å²) in [5, 5.41) is 7.22. The number of benzene rings is 2. The predicted molar refractivity (Wildman–Crippen MR) is 103 cm³/mol. The van der Waals surface area contributed by atoms with Crippen LogP contribution in [0.25, 0.3) is 11.4 Å². The van der Waals surface area contributed by atoms with Gasteiger partial charge in [0.1, 0.15) is 5.75 Å². The molecule has 0 bridgehead atoms. The first-order valence-electron chi connectivity index (χ1n) is 8.59. The first kappa shape index (κ1) is 18.9. The van der Waals surface area contributed by atoms with Gasteiger partial charge in [-0.05, 0) is 47.9 Å². The Morgan fingerprint density at radius 2 is 1.85 bits per heavy atom. The molecule has 0 atom stereocenters. The Morgan fingerprint density at radius 1 is 1.15 bits per heavy atom. The first-order valence-corrected chi connectivity index (χ1v) is 8.97. The molecule has 0 aliphatic carbocycles. The number of carbonyl (C=O) groups is 1. The number of carbonyl (C=O) groups excluding carboxylic acids is 1. The monoisotopic (exact) mass is 385 g/mol. The van der Waals surface area contributed by atoms with E-state index >= 15 is 0 Å². The minimum Gasteiger partial charge on any atom is -0.484 e. The van der Waals surface area contributed by atoms with Crippen LogP contribution in [-0.4, -0.2) is 22.7 Å². The lowest BCUT2D eigenvalue weighted by atomic mass is 10.0. The number of nitrogens with one attached hydrogen (secondary N) is 1. The fourth-order valence-corrected chi connectivity index (χ4v) is 2.49. The molecule has 3 aromatic rings. The van der Waals surface area contributed by atoms with E-state index < -0.39 is 0 Å². The molecule has 0 saturated heterocycles. The van der Waals surface area contributed by atoms with Gasteiger partial charge in [-0.15, -0.1) is 0 Å². The van der Waals surface area contributed by atoms with E-state index in [1.807, 2.05) is 24.3 Å². The lowest BCUT2D eigenvalue weighted by molar-refractivity contribution is -0.123. The zero-order valence-corrected chi connectivity index (χ0v) is 15.9. The van der Waals surface area contributed by atoms with E-state index in [2.05, 4.69) is 29.3 Å². The summed E-state index contributed by atoms with van der Waals surface area (Å²) in [5.74, 6) is 1.59. The summed E-state index contributed by atoms with van der Waals surface area (Å²) < 4.78 is 10.6. The van der Waals surface area contributed by atoms with Crippen LogP contribution in [0.3, 0.4) is 0 Å². The number of hydrogen-bond acceptors (Lipinski definition) is 5. The van der Waals surface area contributed by atoms with E-state index in [-0.39, 0.29) is 19.1 Å². The maximum Gasteiger partial charge on any atom is 0.258 e. The maximum atomic E-state index is 11.9. The topological polar surface area (TPSA) is 77.2 Å². The Morgan fingerprint density at radius 3 is 2.52 bits per heavy atom. The van der Waals surface area contributed by atoms with Crippen molar-refractivity contribution in [2.24, 2.45) is 0 Å². The molecule has 1 heterocycles. The highest BCUT2D eigenvalue weighted by Gasteiger charge is 2.10. The van der Waals surface area contributed by atoms with Gasteiger partial charge in [0.05, 0.1) is 6.54 Å². The number of rotatable bonds is 7. The van der Waals surface area contributed by atoms with Crippen molar-refractivity contribution >= 4 is 17.5 Å². The summed E-state index contributed by atoms with van der Waals surface area (Å²) in [4.78, 5) is 16.2. The Balaban J connectivity index is 1.47. The van der Waals surface area contributed by atoms with Gasteiger partial charge in [0.15, 0.2) is 6.61 Å². The summed E-state index contributed by atoms with van der Waals surface area (Å²) in [6.45, 7) is 4.30. The molecule has 0 aliphatic heterocycles. The number of ether oxygens (including phenoxy) is 1. The minimum absolute atomic E-state index is 0.0841. The molecule has 0 fully saturated rings. The second-order valence-electron chi connectivity index (χ2n) is 6.31. The Labute approximate surface area is 162 Å². The zero-order chi connectivity index (χ0) is 19.2. The van der Waals surface area contributed by atoms with Gasteiger partial charge in [0.2, 0.25) is 11.7 Å². The third-order valence-corrected chi connectivity index (χ3v) is 4.18. The van der Waals surface area contributed by atoms with Crippen molar-refractivity contribution < 1.29 is 14.1 Å². The van der Waals surface area contributed by atoms with Crippen LogP contribution in [0.4, 0.5) is 0 Å². The average molecular weight is 386 g/mol. The molecule has 0 radical (unpaired) electrons. The molecule has 6 nitrogen and oxygen atoms in total. The fourth-order valence-electron chi connectivity index (χ4n) is 2.37. The molecule has 3 rings (SSSR count). The van der Waals surface area contributed by atoms with Gasteiger partial charge >= 0.3 is 0 Å². The molecule has 140 valence electrons. The van der Waals surface area contributed by atoms with Crippen molar-refractivity contribution in [1.29, 1.82) is 0 Å². The fraction of sp³-hybridized carbons (Fsp3) is 0.250. The van der Waals surface area contributed by atoms with Crippen molar-refractivity contribution in [3.05, 3.63) is 65.0 Å². The highest BCUT2D eigenvalue weighted by Crippen LogP contribution is 2.19. The van der Waals surface area contributed by atoms with Crippen LogP contribution in [0.2, 0.25) is 5.02 Å². The molecule has 0 spiro atoms. The van der Waals surface area contributed by atoms with Crippen LogP contribution in [-0.2, 0) is 11.3 Å². The van der Waals surface area contributed by atoms with Crippen molar-refractivity contribution in [3.8, 4) is 17.1 Å². The van der Waals surface area contributed by atoms with Crippen molar-refractivity contribution in [2.45, 2.75) is 26.3 Å². The molecule has 0 unspecified atom stereocenters. The third kappa shape index (κ3) is 5.31. The molecule has 0 saturated carbocycles. The SMILES string of the molecule is CC(C)c1ccc(OCC(=O)NCc2nc(-c3ccc(Cl)cc3)no2)cc1. The van der Waals surface area contributed by atoms with Crippen LogP contribution < -0.4 is 10.1 Å². The van der Waals surface area contributed by atoms with E-state index in [1.54, 1.807) is 24.3 Å². The van der Waals surface area contributed by atoms with Crippen LogP contribution in [0.15, 0.2) is 53.1 Å². The first-order chi connectivity index (χ1) is 13.0. The van der Waals surface area contributed by atoms with Crippen LogP contribution in [0.1, 0.15) is 31.2 Å². The van der Waals surface area contributed by atoms with E-state index in [1.165, 1.54) is 5.56 Å². The van der Waals surface area contributed by atoms with Crippen LogP contribution >= 0.6 is 11.6 Å². The van der Waals surface area contributed by atoms with Crippen LogP contribution in [0, 0.1) is 0 Å². The quantitative estimate of drug-likeness (QED) is 0.659. The Kier molecular flexibility index (Phi) is 6.08. The second-order valence-corrected chi connectivity index (χ2v) is 6.74. The second kappa shape index (κ2) is 8.68. The molecule has 1 amide bonds. The van der Waals surface area contributed by atoms with Gasteiger partial charge in [0, 0.05) is 10.6 Å². The molecular weight excluding hydrogens is 366 g/mol. The highest BCUT2D eigenvalue weighted by atomic mass is 35.5. The maximum absolute atomic E-state index is 11.9. The summed E-state index contributed by atoms with van der Waals surface area (Å²) in [5.41, 5.74) is 2.01. The molecule has 1 N–H and O–H groups in total. The molecule has 0 aliphatic rings. The van der Waals surface area contributed by atoms with Gasteiger partial charge in [-0.25, -0.2) is 0 Å². The molecule has 27 heavy (non-hydrogen) atoms. The molecule has 1 aromatic heterocycles. The van der Waals surface area contributed by atoms with E-state index in [4.69, 9.17) is 20.9 Å². The summed E-state index contributed by atoms with van der Waals surface area (Å²) >= 11 is 5.86. The van der Waals surface area contributed by atoms with Gasteiger partial charge in [-0.2, -0.15) is 4.98 Å². The van der Waals surface area contributed by atoms with E-state index in [0.29, 0.717) is 28.4 Å². The van der Waals surface area contributed by atoms with Gasteiger partial charge in [0.25, 0.3) is 5.91 Å². The van der Waals surface area contributed by atoms with Gasteiger partial charge in [-0.3, -0.25) is 4.79 Å². The van der Waals surface area contributed by atoms with Crippen molar-refractivity contribution in [1.82, 2.24) is 15.5 Å². The van der Waals surface area contributed by atoms with E-state index in [9.17, 15) is 4.79 Å². The predicted octanol–water partition coefficient (Wildman–Crippen LogP) is 4.21. The average Bonchev–Trinajstić information content (AvgIpc) is 3.14. The number of hydrogen-bond donors (Lipinski definition) is 1. The number of amides is 1. The lowest BCUT2D eigenvalue weighted by Crippen LogP contribution is -2.28. The third-order valence-electron chi connectivity index (χ3n) is 3.92. The number of aromatic nitrogens is 2. The van der Waals surface area contributed by atoms with Crippen molar-refractivity contribution in [3.63, 3.8) is 0 Å². The number of halogens is 1. The lowest BCUT2D eigenvalue weighted by Gasteiger charge is -2.08. The highest BCUT2D eigenvalue weighted by molar-refractivity contribution is 6.30.